The van der Waals surface area contributed by atoms with Crippen molar-refractivity contribution in [1.29, 1.82) is 0 Å². The molecule has 0 saturated carbocycles. The first kappa shape index (κ1) is 22.7. The van der Waals surface area contributed by atoms with Gasteiger partial charge in [-0.3, -0.25) is 4.79 Å². The highest BCUT2D eigenvalue weighted by molar-refractivity contribution is 7.98. The molecule has 178 valence electrons. The third-order valence-electron chi connectivity index (χ3n) is 6.05. The summed E-state index contributed by atoms with van der Waals surface area (Å²) in [6.45, 7) is 4.53. The fourth-order valence-corrected chi connectivity index (χ4v) is 6.73. The zero-order chi connectivity index (χ0) is 24.3. The van der Waals surface area contributed by atoms with Crippen LogP contribution in [0.4, 0.5) is 4.39 Å². The monoisotopic (exact) mass is 526 g/mol. The molecule has 0 radical (unpaired) electrons. The van der Waals surface area contributed by atoms with Crippen LogP contribution in [0.3, 0.4) is 0 Å². The molecule has 1 aliphatic heterocycles. The van der Waals surface area contributed by atoms with Crippen LogP contribution in [-0.4, -0.2) is 24.8 Å². The number of hydrogen-bond acceptors (Lipinski definition) is 6. The third kappa shape index (κ3) is 3.96. The van der Waals surface area contributed by atoms with Gasteiger partial charge in [0.1, 0.15) is 10.6 Å². The minimum atomic E-state index is -0.364. The first-order chi connectivity index (χ1) is 16.8. The van der Waals surface area contributed by atoms with E-state index in [1.807, 2.05) is 30.4 Å². The summed E-state index contributed by atoms with van der Waals surface area (Å²) in [7, 11) is 0. The van der Waals surface area contributed by atoms with Crippen LogP contribution in [0.1, 0.15) is 29.9 Å². The molecule has 0 N–H and O–H groups in total. The highest BCUT2D eigenvalue weighted by Crippen LogP contribution is 2.39. The van der Waals surface area contributed by atoms with Crippen LogP contribution in [0.5, 0.6) is 0 Å². The summed E-state index contributed by atoms with van der Waals surface area (Å²) in [5.74, 6) is 0.735. The Hall–Kier alpha value is -2.72. The lowest BCUT2D eigenvalue weighted by Crippen LogP contribution is -2.32. The molecule has 6 nitrogen and oxygen atoms in total. The Kier molecular flexibility index (Phi) is 5.48. The Morgan fingerprint density at radius 2 is 2.00 bits per heavy atom. The summed E-state index contributed by atoms with van der Waals surface area (Å²) in [6, 6.07) is 13.6. The van der Waals surface area contributed by atoms with Crippen molar-refractivity contribution in [2.45, 2.75) is 43.4 Å². The van der Waals surface area contributed by atoms with Crippen LogP contribution in [0, 0.1) is 5.82 Å². The van der Waals surface area contributed by atoms with Gasteiger partial charge in [0.2, 0.25) is 5.78 Å². The second-order valence-electron chi connectivity index (χ2n) is 9.06. The van der Waals surface area contributed by atoms with Gasteiger partial charge in [0, 0.05) is 22.1 Å². The van der Waals surface area contributed by atoms with E-state index < -0.39 is 0 Å². The van der Waals surface area contributed by atoms with Crippen LogP contribution in [0.25, 0.3) is 21.7 Å². The number of hydrogen-bond donors (Lipinski definition) is 0. The molecule has 4 heterocycles. The van der Waals surface area contributed by atoms with Crippen molar-refractivity contribution in [2.75, 3.05) is 0 Å². The SMILES string of the molecule is CC1(C)Cc2c(sc3c2c(=O)n(-c2cccc(Cl)c2)c2nnc(SCc4ccc(F)cc4)n32)CO1. The topological polar surface area (TPSA) is 61.4 Å². The van der Waals surface area contributed by atoms with Gasteiger partial charge in [-0.15, -0.1) is 21.5 Å². The van der Waals surface area contributed by atoms with Crippen molar-refractivity contribution in [3.63, 3.8) is 0 Å². The number of ether oxygens (including phenoxy) is 1. The molecule has 0 fully saturated rings. The Labute approximate surface area is 213 Å². The van der Waals surface area contributed by atoms with E-state index in [0.717, 1.165) is 20.8 Å². The van der Waals surface area contributed by atoms with Gasteiger partial charge in [-0.05, 0) is 55.3 Å². The van der Waals surface area contributed by atoms with Gasteiger partial charge in [0.05, 0.1) is 23.3 Å². The van der Waals surface area contributed by atoms with Crippen molar-refractivity contribution in [2.24, 2.45) is 0 Å². The van der Waals surface area contributed by atoms with Gasteiger partial charge < -0.3 is 4.74 Å². The van der Waals surface area contributed by atoms with Crippen LogP contribution in [0.15, 0.2) is 58.5 Å². The normalized spacial score (nSPS) is 15.1. The van der Waals surface area contributed by atoms with Gasteiger partial charge in [0.25, 0.3) is 5.56 Å². The predicted octanol–water partition coefficient (Wildman–Crippen LogP) is 6.03. The lowest BCUT2D eigenvalue weighted by atomic mass is 9.94. The van der Waals surface area contributed by atoms with Crippen molar-refractivity contribution in [3.05, 3.63) is 85.7 Å². The van der Waals surface area contributed by atoms with Crippen molar-refractivity contribution < 1.29 is 9.13 Å². The molecule has 1 aliphatic rings. The Morgan fingerprint density at radius 3 is 2.77 bits per heavy atom. The molecule has 2 aromatic carbocycles. The van der Waals surface area contributed by atoms with Gasteiger partial charge in [0.15, 0.2) is 5.16 Å². The van der Waals surface area contributed by atoms with Gasteiger partial charge >= 0.3 is 0 Å². The maximum absolute atomic E-state index is 14.0. The van der Waals surface area contributed by atoms with E-state index in [9.17, 15) is 9.18 Å². The second kappa shape index (κ2) is 8.44. The Morgan fingerprint density at radius 1 is 1.20 bits per heavy atom. The van der Waals surface area contributed by atoms with E-state index in [4.69, 9.17) is 16.3 Å². The number of halogens is 2. The molecular weight excluding hydrogens is 507 g/mol. The third-order valence-corrected chi connectivity index (χ3v) is 8.48. The van der Waals surface area contributed by atoms with Crippen molar-refractivity contribution >= 4 is 50.7 Å². The van der Waals surface area contributed by atoms with Crippen LogP contribution in [0.2, 0.25) is 5.02 Å². The van der Waals surface area contributed by atoms with Gasteiger partial charge in [-0.1, -0.05) is 41.6 Å². The summed E-state index contributed by atoms with van der Waals surface area (Å²) in [5, 5.41) is 10.7. The van der Waals surface area contributed by atoms with Crippen LogP contribution in [-0.2, 0) is 23.5 Å². The zero-order valence-corrected chi connectivity index (χ0v) is 21.3. The highest BCUT2D eigenvalue weighted by Gasteiger charge is 2.32. The number of thiophene rings is 1. The number of thioether (sulfide) groups is 1. The van der Waals surface area contributed by atoms with E-state index >= 15 is 0 Å². The molecule has 0 bridgehead atoms. The zero-order valence-electron chi connectivity index (χ0n) is 18.9. The summed E-state index contributed by atoms with van der Waals surface area (Å²) in [5.41, 5.74) is 2.10. The lowest BCUT2D eigenvalue weighted by molar-refractivity contribution is -0.0379. The van der Waals surface area contributed by atoms with Gasteiger partial charge in [-0.25, -0.2) is 13.4 Å². The molecule has 0 unspecified atom stereocenters. The Bertz CT molecular complexity index is 1660. The Balaban J connectivity index is 1.60. The lowest BCUT2D eigenvalue weighted by Gasteiger charge is -2.29. The van der Waals surface area contributed by atoms with E-state index in [1.54, 1.807) is 40.2 Å². The van der Waals surface area contributed by atoms with E-state index in [2.05, 4.69) is 10.2 Å². The summed E-state index contributed by atoms with van der Waals surface area (Å²) in [4.78, 5) is 15.8. The molecule has 0 amide bonds. The number of nitrogens with zero attached hydrogens (tertiary/aromatic N) is 4. The van der Waals surface area contributed by atoms with E-state index in [1.165, 1.54) is 23.9 Å². The predicted molar refractivity (Wildman–Crippen MR) is 138 cm³/mol. The van der Waals surface area contributed by atoms with E-state index in [0.29, 0.717) is 45.8 Å². The number of benzene rings is 2. The molecule has 5 aromatic rings. The average molecular weight is 527 g/mol. The fraction of sp³-hybridized carbons (Fsp3) is 0.240. The number of aromatic nitrogens is 4. The highest BCUT2D eigenvalue weighted by atomic mass is 35.5. The molecule has 35 heavy (non-hydrogen) atoms. The maximum atomic E-state index is 14.0. The molecule has 0 spiro atoms. The van der Waals surface area contributed by atoms with Crippen molar-refractivity contribution in [1.82, 2.24) is 19.2 Å². The fourth-order valence-electron chi connectivity index (χ4n) is 4.37. The molecule has 3 aromatic heterocycles. The van der Waals surface area contributed by atoms with Crippen molar-refractivity contribution in [3.8, 4) is 5.69 Å². The van der Waals surface area contributed by atoms with Crippen LogP contribution >= 0.6 is 34.7 Å². The molecule has 0 saturated heterocycles. The first-order valence-corrected chi connectivity index (χ1v) is 13.2. The molecule has 0 atom stereocenters. The summed E-state index contributed by atoms with van der Waals surface area (Å²) in [6.07, 6.45) is 0.638. The smallest absolute Gasteiger partial charge is 0.268 e. The van der Waals surface area contributed by atoms with Crippen LogP contribution < -0.4 is 5.56 Å². The maximum Gasteiger partial charge on any atom is 0.268 e. The largest absolute Gasteiger partial charge is 0.370 e. The standard InChI is InChI=1S/C25H20ClFN4O2S2/c1-25(2)11-18-19(12-33-25)35-22-20(18)21(32)30(17-5-3-4-15(26)10-17)23-28-29-24(31(22)23)34-13-14-6-8-16(27)9-7-14/h3-10H,11-13H2,1-2H3. The number of fused-ring (bicyclic) bond motifs is 5. The minimum Gasteiger partial charge on any atom is -0.370 e. The average Bonchev–Trinajstić information content (AvgIpc) is 3.39. The summed E-state index contributed by atoms with van der Waals surface area (Å²) >= 11 is 9.32. The summed E-state index contributed by atoms with van der Waals surface area (Å²) < 4.78 is 22.9. The minimum absolute atomic E-state index is 0.146. The van der Waals surface area contributed by atoms with E-state index in [-0.39, 0.29) is 17.0 Å². The molecule has 10 heteroatoms. The molecule has 6 rings (SSSR count). The first-order valence-electron chi connectivity index (χ1n) is 11.0. The van der Waals surface area contributed by atoms with Gasteiger partial charge in [-0.2, -0.15) is 0 Å². The second-order valence-corrected chi connectivity index (χ2v) is 11.5. The quantitative estimate of drug-likeness (QED) is 0.267. The molecule has 0 aliphatic carbocycles. The number of rotatable bonds is 4. The molecular formula is C25H20ClFN4O2S2.